The van der Waals surface area contributed by atoms with Crippen molar-refractivity contribution >= 4 is 15.9 Å². The van der Waals surface area contributed by atoms with E-state index in [-0.39, 0.29) is 24.7 Å². The minimum atomic E-state index is -3.26. The molecule has 1 fully saturated rings. The number of hydrogen-bond donors (Lipinski definition) is 3. The van der Waals surface area contributed by atoms with E-state index in [1.165, 1.54) is 6.42 Å². The molecule has 0 atom stereocenters. The lowest BCUT2D eigenvalue weighted by molar-refractivity contribution is -0.119. The van der Waals surface area contributed by atoms with E-state index in [0.29, 0.717) is 12.5 Å². The highest BCUT2D eigenvalue weighted by atomic mass is 32.2. The second-order valence-corrected chi connectivity index (χ2v) is 5.94. The van der Waals surface area contributed by atoms with Crippen molar-refractivity contribution in [2.45, 2.75) is 19.3 Å². The molecule has 0 saturated heterocycles. The second kappa shape index (κ2) is 6.17. The van der Waals surface area contributed by atoms with Crippen LogP contribution in [0.1, 0.15) is 19.3 Å². The molecule has 1 saturated carbocycles. The van der Waals surface area contributed by atoms with Gasteiger partial charge in [0, 0.05) is 13.1 Å². The summed E-state index contributed by atoms with van der Waals surface area (Å²) in [5.41, 5.74) is 5.07. The van der Waals surface area contributed by atoms with Gasteiger partial charge in [0.1, 0.15) is 0 Å². The Morgan fingerprint density at radius 1 is 1.38 bits per heavy atom. The van der Waals surface area contributed by atoms with E-state index in [2.05, 4.69) is 10.0 Å². The van der Waals surface area contributed by atoms with Crippen LogP contribution in [0.4, 0.5) is 0 Å². The Balaban J connectivity index is 2.15. The first-order valence-electron chi connectivity index (χ1n) is 5.47. The molecule has 1 amide bonds. The Hall–Kier alpha value is -0.660. The van der Waals surface area contributed by atoms with E-state index in [0.717, 1.165) is 12.8 Å². The summed E-state index contributed by atoms with van der Waals surface area (Å²) in [7, 11) is -3.26. The number of carbonyl (C=O) groups is 1. The first kappa shape index (κ1) is 13.4. The largest absolute Gasteiger partial charge is 0.354 e. The van der Waals surface area contributed by atoms with Crippen LogP contribution in [0.15, 0.2) is 0 Å². The van der Waals surface area contributed by atoms with Crippen LogP contribution in [-0.2, 0) is 14.8 Å². The van der Waals surface area contributed by atoms with Crippen LogP contribution in [0.3, 0.4) is 0 Å². The highest BCUT2D eigenvalue weighted by Gasteiger charge is 2.19. The van der Waals surface area contributed by atoms with Gasteiger partial charge < -0.3 is 11.1 Å². The van der Waals surface area contributed by atoms with E-state index < -0.39 is 10.0 Å². The summed E-state index contributed by atoms with van der Waals surface area (Å²) in [6.07, 6.45) is 3.40. The topological polar surface area (TPSA) is 101 Å². The van der Waals surface area contributed by atoms with Crippen LogP contribution >= 0.6 is 0 Å². The fourth-order valence-electron chi connectivity index (χ4n) is 1.41. The molecule has 0 heterocycles. The highest BCUT2D eigenvalue weighted by Crippen LogP contribution is 2.25. The number of sulfonamides is 1. The van der Waals surface area contributed by atoms with Crippen molar-refractivity contribution in [3.8, 4) is 0 Å². The monoisotopic (exact) mass is 249 g/mol. The predicted molar refractivity (Wildman–Crippen MR) is 61.2 cm³/mol. The molecule has 0 aromatic carbocycles. The molecule has 0 aromatic rings. The first-order chi connectivity index (χ1) is 7.53. The van der Waals surface area contributed by atoms with Crippen LogP contribution in [0.5, 0.6) is 0 Å². The summed E-state index contributed by atoms with van der Waals surface area (Å²) in [5, 5.41) is 2.42. The van der Waals surface area contributed by atoms with Crippen molar-refractivity contribution in [2.24, 2.45) is 11.7 Å². The molecule has 1 rings (SSSR count). The van der Waals surface area contributed by atoms with Gasteiger partial charge in [-0.25, -0.2) is 13.1 Å². The number of nitrogens with one attached hydrogen (secondary N) is 2. The molecule has 7 heteroatoms. The smallest absolute Gasteiger partial charge is 0.233 e. The predicted octanol–water partition coefficient (Wildman–Crippen LogP) is -1.22. The lowest BCUT2D eigenvalue weighted by Crippen LogP contribution is -2.39. The maximum atomic E-state index is 11.5. The van der Waals surface area contributed by atoms with Gasteiger partial charge in [0.2, 0.25) is 15.9 Å². The van der Waals surface area contributed by atoms with Gasteiger partial charge in [-0.1, -0.05) is 6.42 Å². The van der Waals surface area contributed by atoms with Crippen LogP contribution in [-0.4, -0.2) is 39.7 Å². The van der Waals surface area contributed by atoms with Gasteiger partial charge in [-0.15, -0.1) is 0 Å². The van der Waals surface area contributed by atoms with E-state index in [1.807, 2.05) is 0 Å². The molecular weight excluding hydrogens is 230 g/mol. The molecule has 6 nitrogen and oxygen atoms in total. The van der Waals surface area contributed by atoms with Crippen LogP contribution in [0, 0.1) is 5.92 Å². The Morgan fingerprint density at radius 3 is 2.56 bits per heavy atom. The van der Waals surface area contributed by atoms with Crippen molar-refractivity contribution < 1.29 is 13.2 Å². The quantitative estimate of drug-likeness (QED) is 0.526. The Morgan fingerprint density at radius 2 is 2.06 bits per heavy atom. The molecular formula is C9H19N3O3S. The zero-order valence-electron chi connectivity index (χ0n) is 9.24. The zero-order chi connectivity index (χ0) is 12.0. The highest BCUT2D eigenvalue weighted by molar-refractivity contribution is 7.89. The Kier molecular flexibility index (Phi) is 5.17. The molecule has 1 aliphatic carbocycles. The SMILES string of the molecule is NCC(=O)NCCS(=O)(=O)NCC1CCC1. The third-order valence-electron chi connectivity index (χ3n) is 2.70. The zero-order valence-corrected chi connectivity index (χ0v) is 10.1. The third kappa shape index (κ3) is 4.91. The van der Waals surface area contributed by atoms with Crippen LogP contribution < -0.4 is 15.8 Å². The molecule has 0 radical (unpaired) electrons. The van der Waals surface area contributed by atoms with Gasteiger partial charge in [0.05, 0.1) is 12.3 Å². The molecule has 4 N–H and O–H groups in total. The maximum Gasteiger partial charge on any atom is 0.233 e. The van der Waals surface area contributed by atoms with Gasteiger partial charge in [-0.05, 0) is 18.8 Å². The normalized spacial score (nSPS) is 16.8. The van der Waals surface area contributed by atoms with E-state index >= 15 is 0 Å². The summed E-state index contributed by atoms with van der Waals surface area (Å²) in [6.45, 7) is 0.513. The van der Waals surface area contributed by atoms with Gasteiger partial charge >= 0.3 is 0 Å². The summed E-state index contributed by atoms with van der Waals surface area (Å²) < 4.78 is 25.4. The maximum absolute atomic E-state index is 11.5. The van der Waals surface area contributed by atoms with Crippen molar-refractivity contribution in [3.63, 3.8) is 0 Å². The lowest BCUT2D eigenvalue weighted by Gasteiger charge is -2.25. The summed E-state index contributed by atoms with van der Waals surface area (Å²) in [5.74, 6) is 0.0634. The first-order valence-corrected chi connectivity index (χ1v) is 7.13. The molecule has 16 heavy (non-hydrogen) atoms. The molecule has 0 aromatic heterocycles. The van der Waals surface area contributed by atoms with Crippen LogP contribution in [0.25, 0.3) is 0 Å². The second-order valence-electron chi connectivity index (χ2n) is 4.02. The van der Waals surface area contributed by atoms with E-state index in [9.17, 15) is 13.2 Å². The van der Waals surface area contributed by atoms with Crippen molar-refractivity contribution in [3.05, 3.63) is 0 Å². The Bertz CT molecular complexity index is 325. The molecule has 0 bridgehead atoms. The minimum Gasteiger partial charge on any atom is -0.354 e. The fourth-order valence-corrected chi connectivity index (χ4v) is 2.42. The van der Waals surface area contributed by atoms with Gasteiger partial charge in [-0.3, -0.25) is 4.79 Å². The van der Waals surface area contributed by atoms with Gasteiger partial charge in [0.25, 0.3) is 0 Å². The van der Waals surface area contributed by atoms with Crippen molar-refractivity contribution in [2.75, 3.05) is 25.4 Å². The van der Waals surface area contributed by atoms with Crippen molar-refractivity contribution in [1.82, 2.24) is 10.0 Å². The number of carbonyl (C=O) groups excluding carboxylic acids is 1. The average molecular weight is 249 g/mol. The third-order valence-corrected chi connectivity index (χ3v) is 4.04. The standard InChI is InChI=1S/C9H19N3O3S/c10-6-9(13)11-4-5-16(14,15)12-7-8-2-1-3-8/h8,12H,1-7,10H2,(H,11,13). The van der Waals surface area contributed by atoms with Gasteiger partial charge in [-0.2, -0.15) is 0 Å². The summed E-state index contributed by atoms with van der Waals surface area (Å²) in [4.78, 5) is 10.8. The molecule has 94 valence electrons. The molecule has 1 aliphatic rings. The molecule has 0 unspecified atom stereocenters. The molecule has 0 spiro atoms. The molecule has 0 aliphatic heterocycles. The van der Waals surface area contributed by atoms with E-state index in [1.54, 1.807) is 0 Å². The number of rotatable bonds is 7. The lowest BCUT2D eigenvalue weighted by atomic mass is 9.86. The van der Waals surface area contributed by atoms with Crippen LogP contribution in [0.2, 0.25) is 0 Å². The van der Waals surface area contributed by atoms with Crippen molar-refractivity contribution in [1.29, 1.82) is 0 Å². The summed E-state index contributed by atoms with van der Waals surface area (Å²) >= 11 is 0. The Labute approximate surface area is 96.0 Å². The average Bonchev–Trinajstić information content (AvgIpc) is 2.14. The number of hydrogen-bond acceptors (Lipinski definition) is 4. The van der Waals surface area contributed by atoms with E-state index in [4.69, 9.17) is 5.73 Å². The summed E-state index contributed by atoms with van der Waals surface area (Å²) in [6, 6.07) is 0. The van der Waals surface area contributed by atoms with Gasteiger partial charge in [0.15, 0.2) is 0 Å². The number of amides is 1. The number of nitrogens with two attached hydrogens (primary N) is 1. The fraction of sp³-hybridized carbons (Fsp3) is 0.889. The minimum absolute atomic E-state index is 0.0918.